The summed E-state index contributed by atoms with van der Waals surface area (Å²) < 4.78 is 10.5. The van der Waals surface area contributed by atoms with Crippen molar-refractivity contribution >= 4 is 41.5 Å². The largest absolute Gasteiger partial charge is 0.380 e. The van der Waals surface area contributed by atoms with Gasteiger partial charge in [-0.1, -0.05) is 28.9 Å². The van der Waals surface area contributed by atoms with Crippen LogP contribution >= 0.6 is 35.6 Å². The SMILES string of the molecule is CCOCCNC(=NC)NCc1nc(-c2cccc(Cl)c2)no1.I. The van der Waals surface area contributed by atoms with Crippen LogP contribution in [0.15, 0.2) is 33.8 Å². The van der Waals surface area contributed by atoms with Crippen LogP contribution in [0.3, 0.4) is 0 Å². The van der Waals surface area contributed by atoms with Gasteiger partial charge in [0, 0.05) is 30.8 Å². The topological polar surface area (TPSA) is 84.6 Å². The van der Waals surface area contributed by atoms with Crippen LogP contribution in [0.1, 0.15) is 12.8 Å². The minimum Gasteiger partial charge on any atom is -0.380 e. The molecule has 1 aromatic carbocycles. The van der Waals surface area contributed by atoms with Crippen molar-refractivity contribution in [1.82, 2.24) is 20.8 Å². The zero-order valence-electron chi connectivity index (χ0n) is 13.6. The Labute approximate surface area is 163 Å². The van der Waals surface area contributed by atoms with E-state index in [1.807, 2.05) is 19.1 Å². The molecule has 1 aromatic heterocycles. The third-order valence-electron chi connectivity index (χ3n) is 2.92. The van der Waals surface area contributed by atoms with Gasteiger partial charge < -0.3 is 19.9 Å². The van der Waals surface area contributed by atoms with E-state index >= 15 is 0 Å². The number of hydrogen-bond acceptors (Lipinski definition) is 5. The Morgan fingerprint density at radius 2 is 2.21 bits per heavy atom. The van der Waals surface area contributed by atoms with E-state index in [0.29, 0.717) is 49.0 Å². The number of aliphatic imine (C=N–C) groups is 1. The Kier molecular flexibility index (Phi) is 9.65. The normalized spacial score (nSPS) is 11.0. The first-order chi connectivity index (χ1) is 11.2. The first kappa shape index (κ1) is 20.7. The second kappa shape index (κ2) is 11.2. The van der Waals surface area contributed by atoms with Gasteiger partial charge in [-0.25, -0.2) is 0 Å². The number of guanidine groups is 1. The second-order valence-electron chi connectivity index (χ2n) is 4.57. The summed E-state index contributed by atoms with van der Waals surface area (Å²) in [5, 5.41) is 10.8. The molecule has 0 radical (unpaired) electrons. The lowest BCUT2D eigenvalue weighted by molar-refractivity contribution is 0.152. The number of nitrogens with one attached hydrogen (secondary N) is 2. The fourth-order valence-corrected chi connectivity index (χ4v) is 2.03. The van der Waals surface area contributed by atoms with Crippen LogP contribution < -0.4 is 10.6 Å². The van der Waals surface area contributed by atoms with Gasteiger partial charge in [0.05, 0.1) is 13.2 Å². The Hall–Kier alpha value is -1.39. The minimum absolute atomic E-state index is 0. The number of hydrogen-bond donors (Lipinski definition) is 2. The Morgan fingerprint density at radius 3 is 2.92 bits per heavy atom. The number of aromatic nitrogens is 2. The predicted octanol–water partition coefficient (Wildman–Crippen LogP) is 2.71. The maximum atomic E-state index is 5.96. The number of ether oxygens (including phenoxy) is 1. The molecule has 0 atom stereocenters. The summed E-state index contributed by atoms with van der Waals surface area (Å²) in [4.78, 5) is 8.44. The molecule has 0 saturated heterocycles. The molecule has 2 rings (SSSR count). The molecule has 0 saturated carbocycles. The molecule has 0 bridgehead atoms. The van der Waals surface area contributed by atoms with Crippen LogP contribution in [0.25, 0.3) is 11.4 Å². The van der Waals surface area contributed by atoms with Crippen molar-refractivity contribution in [2.45, 2.75) is 13.5 Å². The van der Waals surface area contributed by atoms with E-state index in [4.69, 9.17) is 20.9 Å². The molecule has 0 amide bonds. The molecule has 0 fully saturated rings. The quantitative estimate of drug-likeness (QED) is 0.283. The van der Waals surface area contributed by atoms with Gasteiger partial charge >= 0.3 is 0 Å². The summed E-state index contributed by atoms with van der Waals surface area (Å²) in [6.45, 7) is 4.33. The lowest BCUT2D eigenvalue weighted by Gasteiger charge is -2.09. The van der Waals surface area contributed by atoms with Crippen LogP contribution in [0.5, 0.6) is 0 Å². The number of benzene rings is 1. The highest BCUT2D eigenvalue weighted by Gasteiger charge is 2.09. The van der Waals surface area contributed by atoms with Gasteiger partial charge in [-0.2, -0.15) is 4.98 Å². The van der Waals surface area contributed by atoms with Crippen molar-refractivity contribution in [3.63, 3.8) is 0 Å². The summed E-state index contributed by atoms with van der Waals surface area (Å²) in [6, 6.07) is 7.31. The molecule has 0 aliphatic rings. The fourth-order valence-electron chi connectivity index (χ4n) is 1.84. The van der Waals surface area contributed by atoms with Crippen LogP contribution in [0.2, 0.25) is 5.02 Å². The monoisotopic (exact) mass is 465 g/mol. The third-order valence-corrected chi connectivity index (χ3v) is 3.16. The van der Waals surface area contributed by atoms with E-state index in [0.717, 1.165) is 5.56 Å². The second-order valence-corrected chi connectivity index (χ2v) is 5.01. The van der Waals surface area contributed by atoms with Gasteiger partial charge in [-0.15, -0.1) is 24.0 Å². The van der Waals surface area contributed by atoms with E-state index < -0.39 is 0 Å². The van der Waals surface area contributed by atoms with Crippen molar-refractivity contribution in [3.05, 3.63) is 35.2 Å². The molecule has 1 heterocycles. The van der Waals surface area contributed by atoms with Gasteiger partial charge in [0.2, 0.25) is 11.7 Å². The number of nitrogens with zero attached hydrogens (tertiary/aromatic N) is 3. The van der Waals surface area contributed by atoms with Crippen molar-refractivity contribution in [2.75, 3.05) is 26.8 Å². The summed E-state index contributed by atoms with van der Waals surface area (Å²) in [7, 11) is 1.70. The highest BCUT2D eigenvalue weighted by molar-refractivity contribution is 14.0. The lowest BCUT2D eigenvalue weighted by Crippen LogP contribution is -2.38. The molecule has 7 nitrogen and oxygen atoms in total. The maximum Gasteiger partial charge on any atom is 0.246 e. The molecule has 0 aliphatic carbocycles. The molecular weight excluding hydrogens is 445 g/mol. The van der Waals surface area contributed by atoms with E-state index in [1.165, 1.54) is 0 Å². The van der Waals surface area contributed by atoms with E-state index in [-0.39, 0.29) is 24.0 Å². The molecule has 24 heavy (non-hydrogen) atoms. The standard InChI is InChI=1S/C15H20ClN5O2.HI/c1-3-22-8-7-18-15(17-2)19-10-13-20-14(21-23-13)11-5-4-6-12(16)9-11;/h4-6,9H,3,7-8,10H2,1-2H3,(H2,17,18,19);1H. The Bertz CT molecular complexity index is 650. The van der Waals surface area contributed by atoms with Crippen molar-refractivity contribution in [2.24, 2.45) is 4.99 Å². The van der Waals surface area contributed by atoms with Gasteiger partial charge in [0.15, 0.2) is 5.96 Å². The smallest absolute Gasteiger partial charge is 0.246 e. The molecule has 9 heteroatoms. The van der Waals surface area contributed by atoms with Gasteiger partial charge in [0.25, 0.3) is 0 Å². The molecule has 0 unspecified atom stereocenters. The summed E-state index contributed by atoms with van der Waals surface area (Å²) in [5.41, 5.74) is 0.812. The highest BCUT2D eigenvalue weighted by atomic mass is 127. The van der Waals surface area contributed by atoms with Gasteiger partial charge in [-0.05, 0) is 19.1 Å². The highest BCUT2D eigenvalue weighted by Crippen LogP contribution is 2.19. The fraction of sp³-hybridized carbons (Fsp3) is 0.400. The van der Waals surface area contributed by atoms with Crippen molar-refractivity contribution in [3.8, 4) is 11.4 Å². The molecule has 2 aromatic rings. The maximum absolute atomic E-state index is 5.96. The first-order valence-electron chi connectivity index (χ1n) is 7.33. The number of halogens is 2. The molecule has 0 spiro atoms. The Balaban J connectivity index is 0.00000288. The average molecular weight is 466 g/mol. The number of rotatable bonds is 7. The van der Waals surface area contributed by atoms with E-state index in [1.54, 1.807) is 19.2 Å². The predicted molar refractivity (Wildman–Crippen MR) is 105 cm³/mol. The zero-order chi connectivity index (χ0) is 16.5. The van der Waals surface area contributed by atoms with Crippen LogP contribution in [0, 0.1) is 0 Å². The first-order valence-corrected chi connectivity index (χ1v) is 7.71. The summed E-state index contributed by atoms with van der Waals surface area (Å²) in [5.74, 6) is 1.61. The van der Waals surface area contributed by atoms with E-state index in [9.17, 15) is 0 Å². The van der Waals surface area contributed by atoms with Gasteiger partial charge in [-0.3, -0.25) is 4.99 Å². The molecule has 132 valence electrons. The third kappa shape index (κ3) is 6.62. The van der Waals surface area contributed by atoms with Crippen LogP contribution in [0.4, 0.5) is 0 Å². The van der Waals surface area contributed by atoms with Crippen LogP contribution in [-0.4, -0.2) is 42.9 Å². The van der Waals surface area contributed by atoms with Gasteiger partial charge in [0.1, 0.15) is 0 Å². The van der Waals surface area contributed by atoms with Crippen LogP contribution in [-0.2, 0) is 11.3 Å². The molecule has 0 aliphatic heterocycles. The van der Waals surface area contributed by atoms with Crippen molar-refractivity contribution in [1.29, 1.82) is 0 Å². The summed E-state index contributed by atoms with van der Waals surface area (Å²) in [6.07, 6.45) is 0. The zero-order valence-corrected chi connectivity index (χ0v) is 16.7. The molecular formula is C15H21ClIN5O2. The summed E-state index contributed by atoms with van der Waals surface area (Å²) >= 11 is 5.96. The average Bonchev–Trinajstić information content (AvgIpc) is 3.03. The van der Waals surface area contributed by atoms with E-state index in [2.05, 4.69) is 25.8 Å². The molecule has 2 N–H and O–H groups in total. The lowest BCUT2D eigenvalue weighted by atomic mass is 10.2. The minimum atomic E-state index is 0. The van der Waals surface area contributed by atoms with Crippen molar-refractivity contribution < 1.29 is 9.26 Å². The Morgan fingerprint density at radius 1 is 1.38 bits per heavy atom.